The number of hydrogen-bond donors (Lipinski definition) is 2. The minimum atomic E-state index is -0.288. The van der Waals surface area contributed by atoms with E-state index in [9.17, 15) is 9.90 Å². The molecule has 8 heteroatoms. The lowest BCUT2D eigenvalue weighted by atomic mass is 10.1. The summed E-state index contributed by atoms with van der Waals surface area (Å²) in [5, 5.41) is 12.4. The van der Waals surface area contributed by atoms with Crippen molar-refractivity contribution < 1.29 is 23.8 Å². The van der Waals surface area contributed by atoms with Gasteiger partial charge in [0.05, 0.1) is 12.6 Å². The summed E-state index contributed by atoms with van der Waals surface area (Å²) in [6.45, 7) is 2.65. The first-order valence-corrected chi connectivity index (χ1v) is 8.69. The Labute approximate surface area is 150 Å². The number of carbonyl (C=O) groups is 1. The van der Waals surface area contributed by atoms with Crippen molar-refractivity contribution in [3.63, 3.8) is 0 Å². The Morgan fingerprint density at radius 2 is 2.23 bits per heavy atom. The number of aromatic nitrogens is 1. The van der Waals surface area contributed by atoms with Gasteiger partial charge in [-0.3, -0.25) is 9.69 Å². The first-order valence-electron chi connectivity index (χ1n) is 8.69. The first kappa shape index (κ1) is 16.9. The van der Waals surface area contributed by atoms with E-state index < -0.39 is 0 Å². The van der Waals surface area contributed by atoms with E-state index in [1.165, 1.54) is 6.26 Å². The summed E-state index contributed by atoms with van der Waals surface area (Å²) >= 11 is 0. The molecule has 2 N–H and O–H groups in total. The number of aliphatic hydroxyl groups excluding tert-OH is 1. The van der Waals surface area contributed by atoms with Crippen LogP contribution >= 0.6 is 0 Å². The quantitative estimate of drug-likeness (QED) is 0.792. The zero-order valence-electron chi connectivity index (χ0n) is 14.3. The van der Waals surface area contributed by atoms with Crippen molar-refractivity contribution in [2.24, 2.45) is 0 Å². The Kier molecular flexibility index (Phi) is 4.77. The number of aliphatic hydroxyl groups is 1. The highest BCUT2D eigenvalue weighted by atomic mass is 16.7. The second-order valence-corrected chi connectivity index (χ2v) is 6.50. The highest BCUT2D eigenvalue weighted by Gasteiger charge is 2.22. The predicted octanol–water partition coefficient (Wildman–Crippen LogP) is 0.942. The molecular formula is C18H21N3O5. The molecule has 2 aliphatic rings. The van der Waals surface area contributed by atoms with Crippen LogP contribution in [-0.2, 0) is 13.0 Å². The van der Waals surface area contributed by atoms with Gasteiger partial charge in [0.25, 0.3) is 5.91 Å². The number of likely N-dealkylation sites (tertiary alicyclic amines) is 1. The minimum Gasteiger partial charge on any atom is -0.454 e. The number of nitrogens with zero attached hydrogens (tertiary/aromatic N) is 2. The molecule has 1 fully saturated rings. The Morgan fingerprint density at radius 3 is 3.08 bits per heavy atom. The molecule has 1 aromatic heterocycles. The van der Waals surface area contributed by atoms with Crippen molar-refractivity contribution in [1.29, 1.82) is 0 Å². The molecule has 0 saturated carbocycles. The Hall–Kier alpha value is -2.58. The molecule has 0 bridgehead atoms. The van der Waals surface area contributed by atoms with Crippen LogP contribution < -0.4 is 14.8 Å². The summed E-state index contributed by atoms with van der Waals surface area (Å²) in [5.41, 5.74) is 1.33. The van der Waals surface area contributed by atoms with Gasteiger partial charge in [0.15, 0.2) is 17.2 Å². The Bertz CT molecular complexity index is 791. The lowest BCUT2D eigenvalue weighted by molar-refractivity contribution is 0.0949. The normalized spacial score (nSPS) is 19.0. The summed E-state index contributed by atoms with van der Waals surface area (Å²) in [6, 6.07) is 5.75. The molecule has 1 amide bonds. The smallest absolute Gasteiger partial charge is 0.273 e. The van der Waals surface area contributed by atoms with Gasteiger partial charge in [0.2, 0.25) is 12.7 Å². The van der Waals surface area contributed by atoms with E-state index >= 15 is 0 Å². The number of hydrogen-bond acceptors (Lipinski definition) is 7. The SMILES string of the molecule is O=C(NCCc1ccc2c(c1)OCO2)c1coc(CN2CC[C@H](O)C2)n1. The zero-order chi connectivity index (χ0) is 17.9. The summed E-state index contributed by atoms with van der Waals surface area (Å²) in [7, 11) is 0. The number of β-amino-alcohol motifs (C(OH)–C–C–N with tert-alkyl or cyclic N) is 1. The first-order chi connectivity index (χ1) is 12.7. The van der Waals surface area contributed by atoms with Crippen LogP contribution in [0.3, 0.4) is 0 Å². The molecule has 0 radical (unpaired) electrons. The Morgan fingerprint density at radius 1 is 1.35 bits per heavy atom. The third kappa shape index (κ3) is 3.81. The maximum atomic E-state index is 12.2. The number of rotatable bonds is 6. The molecule has 1 saturated heterocycles. The van der Waals surface area contributed by atoms with E-state index in [2.05, 4.69) is 15.2 Å². The number of carbonyl (C=O) groups excluding carboxylic acids is 1. The topological polar surface area (TPSA) is 97.1 Å². The van der Waals surface area contributed by atoms with Gasteiger partial charge in [0, 0.05) is 19.6 Å². The van der Waals surface area contributed by atoms with E-state index in [0.29, 0.717) is 31.9 Å². The van der Waals surface area contributed by atoms with Crippen LogP contribution in [0.5, 0.6) is 11.5 Å². The average molecular weight is 359 g/mol. The second-order valence-electron chi connectivity index (χ2n) is 6.50. The van der Waals surface area contributed by atoms with Crippen LogP contribution in [-0.4, -0.2) is 53.4 Å². The molecule has 1 atom stereocenters. The number of amides is 1. The number of ether oxygens (including phenoxy) is 2. The lowest BCUT2D eigenvalue weighted by Gasteiger charge is -2.11. The highest BCUT2D eigenvalue weighted by Crippen LogP contribution is 2.32. The van der Waals surface area contributed by atoms with Crippen LogP contribution in [0.4, 0.5) is 0 Å². The molecule has 0 spiro atoms. The molecule has 0 aliphatic carbocycles. The molecule has 1 aromatic carbocycles. The van der Waals surface area contributed by atoms with Gasteiger partial charge in [0.1, 0.15) is 6.26 Å². The lowest BCUT2D eigenvalue weighted by Crippen LogP contribution is -2.26. The van der Waals surface area contributed by atoms with Crippen molar-refractivity contribution in [3.8, 4) is 11.5 Å². The van der Waals surface area contributed by atoms with Gasteiger partial charge in [-0.1, -0.05) is 6.07 Å². The number of nitrogens with one attached hydrogen (secondary N) is 1. The average Bonchev–Trinajstić information content (AvgIpc) is 3.36. The van der Waals surface area contributed by atoms with Crippen molar-refractivity contribution >= 4 is 5.91 Å². The van der Waals surface area contributed by atoms with E-state index in [0.717, 1.165) is 30.0 Å². The summed E-state index contributed by atoms with van der Waals surface area (Å²) in [6.07, 6.45) is 2.52. The maximum absolute atomic E-state index is 12.2. The van der Waals surface area contributed by atoms with Crippen LogP contribution in [0.2, 0.25) is 0 Å². The molecule has 4 rings (SSSR count). The second kappa shape index (κ2) is 7.35. The van der Waals surface area contributed by atoms with E-state index in [1.54, 1.807) is 0 Å². The molecule has 3 heterocycles. The number of fused-ring (bicyclic) bond motifs is 1. The molecule has 26 heavy (non-hydrogen) atoms. The zero-order valence-corrected chi connectivity index (χ0v) is 14.3. The van der Waals surface area contributed by atoms with E-state index in [-0.39, 0.29) is 24.5 Å². The molecular weight excluding hydrogens is 338 g/mol. The highest BCUT2D eigenvalue weighted by molar-refractivity contribution is 5.91. The molecule has 2 aliphatic heterocycles. The van der Waals surface area contributed by atoms with Crippen molar-refractivity contribution in [1.82, 2.24) is 15.2 Å². The van der Waals surface area contributed by atoms with Crippen LogP contribution in [0, 0.1) is 0 Å². The van der Waals surface area contributed by atoms with Crippen molar-refractivity contribution in [2.75, 3.05) is 26.4 Å². The van der Waals surface area contributed by atoms with Gasteiger partial charge < -0.3 is 24.3 Å². The fourth-order valence-electron chi connectivity index (χ4n) is 3.14. The molecule has 138 valence electrons. The standard InChI is InChI=1S/C18H21N3O5/c22-13-4-6-21(8-13)9-17-20-14(10-24-17)18(23)19-5-3-12-1-2-15-16(7-12)26-11-25-15/h1-2,7,10,13,22H,3-6,8-9,11H2,(H,19,23)/t13-/m0/s1. The van der Waals surface area contributed by atoms with Crippen LogP contribution in [0.15, 0.2) is 28.9 Å². The maximum Gasteiger partial charge on any atom is 0.273 e. The monoisotopic (exact) mass is 359 g/mol. The van der Waals surface area contributed by atoms with E-state index in [1.807, 2.05) is 18.2 Å². The van der Waals surface area contributed by atoms with Crippen LogP contribution in [0.1, 0.15) is 28.4 Å². The third-order valence-corrected chi connectivity index (χ3v) is 4.53. The van der Waals surface area contributed by atoms with Crippen molar-refractivity contribution in [2.45, 2.75) is 25.5 Å². The number of oxazole rings is 1. The van der Waals surface area contributed by atoms with Crippen molar-refractivity contribution in [3.05, 3.63) is 41.6 Å². The van der Waals surface area contributed by atoms with Gasteiger partial charge in [-0.2, -0.15) is 0 Å². The minimum absolute atomic E-state index is 0.250. The van der Waals surface area contributed by atoms with Gasteiger partial charge in [-0.15, -0.1) is 0 Å². The van der Waals surface area contributed by atoms with E-state index in [4.69, 9.17) is 13.9 Å². The molecule has 0 unspecified atom stereocenters. The summed E-state index contributed by atoms with van der Waals surface area (Å²) in [4.78, 5) is 18.5. The van der Waals surface area contributed by atoms with Crippen LogP contribution in [0.25, 0.3) is 0 Å². The van der Waals surface area contributed by atoms with Gasteiger partial charge in [-0.25, -0.2) is 4.98 Å². The largest absolute Gasteiger partial charge is 0.454 e. The Balaban J connectivity index is 1.26. The van der Waals surface area contributed by atoms with Gasteiger partial charge in [-0.05, 0) is 30.5 Å². The fourth-order valence-corrected chi connectivity index (χ4v) is 3.14. The summed E-state index contributed by atoms with van der Waals surface area (Å²) in [5.74, 6) is 1.71. The fraction of sp³-hybridized carbons (Fsp3) is 0.444. The van der Waals surface area contributed by atoms with Gasteiger partial charge >= 0.3 is 0 Å². The predicted molar refractivity (Wildman–Crippen MR) is 91.0 cm³/mol. The summed E-state index contributed by atoms with van der Waals surface area (Å²) < 4.78 is 16.0. The molecule has 8 nitrogen and oxygen atoms in total. The molecule has 2 aromatic rings. The number of benzene rings is 1. The third-order valence-electron chi connectivity index (χ3n) is 4.53.